The summed E-state index contributed by atoms with van der Waals surface area (Å²) >= 11 is 9.35. The monoisotopic (exact) mass is 642 g/mol. The highest BCUT2D eigenvalue weighted by molar-refractivity contribution is 7.98. The summed E-state index contributed by atoms with van der Waals surface area (Å²) in [5.41, 5.74) is 4.89. The topological polar surface area (TPSA) is 115 Å². The fourth-order valence-corrected chi connectivity index (χ4v) is 7.52. The van der Waals surface area contributed by atoms with E-state index in [-0.39, 0.29) is 17.6 Å². The molecular weight excluding hydrogens is 616 g/mol. The molecule has 0 bridgehead atoms. The maximum absolute atomic E-state index is 13.4. The zero-order valence-electron chi connectivity index (χ0n) is 23.7. The van der Waals surface area contributed by atoms with Crippen LogP contribution in [0.25, 0.3) is 28.1 Å². The molecule has 4 aromatic heterocycles. The number of amides is 1. The maximum Gasteiger partial charge on any atom is 0.326 e. The minimum absolute atomic E-state index is 0.0441. The van der Waals surface area contributed by atoms with Crippen molar-refractivity contribution >= 4 is 51.6 Å². The van der Waals surface area contributed by atoms with Gasteiger partial charge in [0.05, 0.1) is 22.5 Å². The summed E-state index contributed by atoms with van der Waals surface area (Å²) in [6, 6.07) is 17.3. The van der Waals surface area contributed by atoms with Gasteiger partial charge in [-0.15, -0.1) is 21.5 Å². The van der Waals surface area contributed by atoms with Crippen molar-refractivity contribution in [1.82, 2.24) is 39.2 Å². The number of para-hydroxylation sites is 2. The molecule has 10 nitrogen and oxygen atoms in total. The first kappa shape index (κ1) is 28.5. The predicted octanol–water partition coefficient (Wildman–Crippen LogP) is 6.16. The van der Waals surface area contributed by atoms with Crippen LogP contribution in [0.15, 0.2) is 82.3 Å². The van der Waals surface area contributed by atoms with Crippen molar-refractivity contribution in [3.63, 3.8) is 0 Å². The number of nitrogens with one attached hydrogen (secondary N) is 1. The lowest BCUT2D eigenvalue weighted by Crippen LogP contribution is -2.40. The Bertz CT molecular complexity index is 2030. The number of nitrogens with zero attached hydrogens (tertiary/aromatic N) is 7. The van der Waals surface area contributed by atoms with E-state index in [0.29, 0.717) is 53.4 Å². The van der Waals surface area contributed by atoms with Crippen molar-refractivity contribution in [2.24, 2.45) is 0 Å². The third-order valence-electron chi connectivity index (χ3n) is 7.82. The number of aryl methyl sites for hydroxylation is 1. The quantitative estimate of drug-likeness (QED) is 0.207. The summed E-state index contributed by atoms with van der Waals surface area (Å²) in [5, 5.41) is 13.0. The third-order valence-corrected chi connectivity index (χ3v) is 10.0. The Morgan fingerprint density at radius 1 is 1.09 bits per heavy atom. The molecule has 222 valence electrons. The van der Waals surface area contributed by atoms with E-state index in [1.165, 1.54) is 23.1 Å². The largest absolute Gasteiger partial charge is 0.337 e. The van der Waals surface area contributed by atoms with Gasteiger partial charge in [0.15, 0.2) is 11.0 Å². The molecule has 1 aliphatic rings. The normalized spacial score (nSPS) is 14.0. The second-order valence-electron chi connectivity index (χ2n) is 10.6. The smallest absolute Gasteiger partial charge is 0.326 e. The van der Waals surface area contributed by atoms with E-state index < -0.39 is 0 Å². The van der Waals surface area contributed by atoms with Crippen molar-refractivity contribution in [3.05, 3.63) is 104 Å². The Morgan fingerprint density at radius 2 is 1.89 bits per heavy atom. The molecule has 0 unspecified atom stereocenters. The summed E-state index contributed by atoms with van der Waals surface area (Å²) < 4.78 is 3.84. The molecule has 1 fully saturated rings. The standard InChI is InChI=1S/C31H27ClN8O2S2/c1-19-6-7-21(32)16-26(19)40-28(20-8-12-33-13-9-20)36-37-31(40)44-18-27-34-24(17-43-27)29(41)38-14-10-22(11-15-38)39-25-5-3-2-4-23(25)35-30(39)42/h2-9,12-13,16-17,22H,10-11,14-15,18H2,1H3,(H,35,42). The Hall–Kier alpha value is -4.26. The van der Waals surface area contributed by atoms with Crippen LogP contribution in [-0.2, 0) is 5.75 Å². The van der Waals surface area contributed by atoms with Crippen LogP contribution in [0.2, 0.25) is 5.02 Å². The number of hydrogen-bond acceptors (Lipinski definition) is 8. The molecule has 7 rings (SSSR count). The molecule has 44 heavy (non-hydrogen) atoms. The number of halogens is 1. The van der Waals surface area contributed by atoms with Gasteiger partial charge < -0.3 is 9.88 Å². The number of likely N-dealkylation sites (tertiary alicyclic amines) is 1. The molecule has 1 aliphatic heterocycles. The number of aromatic nitrogens is 7. The van der Waals surface area contributed by atoms with Crippen molar-refractivity contribution in [3.8, 4) is 17.1 Å². The van der Waals surface area contributed by atoms with E-state index in [4.69, 9.17) is 11.6 Å². The van der Waals surface area contributed by atoms with E-state index in [1.807, 2.05) is 80.9 Å². The van der Waals surface area contributed by atoms with Gasteiger partial charge in [-0.1, -0.05) is 41.6 Å². The summed E-state index contributed by atoms with van der Waals surface area (Å²) in [6.45, 7) is 3.16. The van der Waals surface area contributed by atoms with Crippen molar-refractivity contribution in [2.75, 3.05) is 13.1 Å². The van der Waals surface area contributed by atoms with Gasteiger partial charge in [-0.05, 0) is 61.7 Å². The molecule has 0 radical (unpaired) electrons. The highest BCUT2D eigenvalue weighted by atomic mass is 35.5. The lowest BCUT2D eigenvalue weighted by atomic mass is 10.0. The first-order chi connectivity index (χ1) is 21.5. The molecule has 1 saturated heterocycles. The number of piperidine rings is 1. The Labute approximate surface area is 265 Å². The molecule has 0 aliphatic carbocycles. The second-order valence-corrected chi connectivity index (χ2v) is 12.9. The minimum atomic E-state index is -0.105. The van der Waals surface area contributed by atoms with Gasteiger partial charge in [0.2, 0.25) is 0 Å². The molecule has 2 aromatic carbocycles. The van der Waals surface area contributed by atoms with Gasteiger partial charge in [-0.2, -0.15) is 0 Å². The molecule has 6 aromatic rings. The molecule has 5 heterocycles. The van der Waals surface area contributed by atoms with Gasteiger partial charge in [-0.3, -0.25) is 18.9 Å². The van der Waals surface area contributed by atoms with E-state index in [1.54, 1.807) is 12.4 Å². The lowest BCUT2D eigenvalue weighted by molar-refractivity contribution is 0.0689. The van der Waals surface area contributed by atoms with Gasteiger partial charge in [0, 0.05) is 47.5 Å². The van der Waals surface area contributed by atoms with Crippen LogP contribution in [0.3, 0.4) is 0 Å². The second kappa shape index (κ2) is 12.0. The molecule has 1 amide bonds. The number of pyridine rings is 1. The summed E-state index contributed by atoms with van der Waals surface area (Å²) in [6.07, 6.45) is 4.87. The van der Waals surface area contributed by atoms with Gasteiger partial charge in [0.25, 0.3) is 5.91 Å². The Balaban J connectivity index is 1.05. The highest BCUT2D eigenvalue weighted by Crippen LogP contribution is 2.33. The Kier molecular flexibility index (Phi) is 7.79. The van der Waals surface area contributed by atoms with Crippen molar-refractivity contribution in [2.45, 2.75) is 36.7 Å². The number of carbonyl (C=O) groups is 1. The summed E-state index contributed by atoms with van der Waals surface area (Å²) in [7, 11) is 0. The molecular formula is C31H27ClN8O2S2. The first-order valence-corrected chi connectivity index (χ1v) is 16.4. The first-order valence-electron chi connectivity index (χ1n) is 14.1. The molecule has 0 saturated carbocycles. The Morgan fingerprint density at radius 3 is 2.70 bits per heavy atom. The van der Waals surface area contributed by atoms with Crippen LogP contribution in [0.5, 0.6) is 0 Å². The van der Waals surface area contributed by atoms with Crippen molar-refractivity contribution < 1.29 is 4.79 Å². The zero-order valence-corrected chi connectivity index (χ0v) is 26.1. The fourth-order valence-electron chi connectivity index (χ4n) is 5.62. The molecule has 1 N–H and O–H groups in total. The molecule has 0 spiro atoms. The van der Waals surface area contributed by atoms with Crippen LogP contribution in [0, 0.1) is 6.92 Å². The number of thioether (sulfide) groups is 1. The van der Waals surface area contributed by atoms with E-state index in [2.05, 4.69) is 25.1 Å². The van der Waals surface area contributed by atoms with Gasteiger partial charge in [-0.25, -0.2) is 9.78 Å². The van der Waals surface area contributed by atoms with Crippen LogP contribution in [0.1, 0.15) is 39.9 Å². The van der Waals surface area contributed by atoms with E-state index >= 15 is 0 Å². The molecule has 13 heteroatoms. The number of imidazole rings is 1. The fraction of sp³-hybridized carbons (Fsp3) is 0.226. The zero-order chi connectivity index (χ0) is 30.2. The number of rotatable bonds is 7. The predicted molar refractivity (Wildman–Crippen MR) is 173 cm³/mol. The van der Waals surface area contributed by atoms with E-state index in [9.17, 15) is 9.59 Å². The highest BCUT2D eigenvalue weighted by Gasteiger charge is 2.28. The van der Waals surface area contributed by atoms with Crippen LogP contribution in [0.4, 0.5) is 0 Å². The number of carbonyl (C=O) groups excluding carboxylic acids is 1. The maximum atomic E-state index is 13.4. The number of H-pyrrole nitrogens is 1. The van der Waals surface area contributed by atoms with Gasteiger partial charge >= 0.3 is 5.69 Å². The number of thiazole rings is 1. The average Bonchev–Trinajstić information content (AvgIpc) is 3.78. The average molecular weight is 643 g/mol. The number of hydrogen-bond donors (Lipinski definition) is 1. The lowest BCUT2D eigenvalue weighted by Gasteiger charge is -2.32. The summed E-state index contributed by atoms with van der Waals surface area (Å²) in [4.78, 5) is 39.6. The summed E-state index contributed by atoms with van der Waals surface area (Å²) in [5.74, 6) is 1.13. The SMILES string of the molecule is Cc1ccc(Cl)cc1-n1c(SCc2nc(C(=O)N3CCC(n4c(=O)[nH]c5ccccc54)CC3)cs2)nnc1-c1ccncc1. The van der Waals surface area contributed by atoms with Crippen LogP contribution in [-0.4, -0.2) is 58.2 Å². The number of fused-ring (bicyclic) bond motifs is 1. The number of benzene rings is 2. The molecule has 0 atom stereocenters. The van der Waals surface area contributed by atoms with Crippen molar-refractivity contribution in [1.29, 1.82) is 0 Å². The minimum Gasteiger partial charge on any atom is -0.337 e. The third kappa shape index (κ3) is 5.44. The van der Waals surface area contributed by atoms with Crippen LogP contribution >= 0.6 is 34.7 Å². The van der Waals surface area contributed by atoms with Gasteiger partial charge in [0.1, 0.15) is 10.7 Å². The number of aromatic amines is 1. The van der Waals surface area contributed by atoms with Crippen LogP contribution < -0.4 is 5.69 Å². The van der Waals surface area contributed by atoms with E-state index in [0.717, 1.165) is 32.9 Å².